The second-order valence-corrected chi connectivity index (χ2v) is 7.13. The molecule has 0 bridgehead atoms. The number of carbonyl (C=O) groups excluding carboxylic acids is 1. The predicted molar refractivity (Wildman–Crippen MR) is 102 cm³/mol. The molecule has 6 nitrogen and oxygen atoms in total. The van der Waals surface area contributed by atoms with Gasteiger partial charge < -0.3 is 9.80 Å². The van der Waals surface area contributed by atoms with Crippen LogP contribution in [0.15, 0.2) is 36.4 Å². The van der Waals surface area contributed by atoms with Crippen LogP contribution >= 0.6 is 11.6 Å². The van der Waals surface area contributed by atoms with Crippen LogP contribution in [0.3, 0.4) is 0 Å². The first-order chi connectivity index (χ1) is 13.6. The van der Waals surface area contributed by atoms with E-state index in [1.807, 2.05) is 6.92 Å². The monoisotopic (exact) mass is 427 g/mol. The Bertz CT molecular complexity index is 957. The van der Waals surface area contributed by atoms with Crippen LogP contribution in [0, 0.1) is 17.0 Å². The maximum absolute atomic E-state index is 12.9. The number of piperazine rings is 1. The lowest BCUT2D eigenvalue weighted by Crippen LogP contribution is -2.49. The average molecular weight is 428 g/mol. The van der Waals surface area contributed by atoms with Crippen LogP contribution in [0.25, 0.3) is 0 Å². The third kappa shape index (κ3) is 4.45. The standard InChI is InChI=1S/C19H17ClF3N3O3/c1-12-2-4-14(15(20)10-12)18(27)25-8-6-24(7-9-25)16-5-3-13(19(21,22)23)11-17(16)26(28)29/h2-5,10-11H,6-9H2,1H3. The Hall–Kier alpha value is -2.81. The van der Waals surface area contributed by atoms with Crippen LogP contribution in [0.1, 0.15) is 21.5 Å². The van der Waals surface area contributed by atoms with Crippen LogP contribution in [0.5, 0.6) is 0 Å². The molecule has 0 saturated carbocycles. The summed E-state index contributed by atoms with van der Waals surface area (Å²) >= 11 is 6.15. The van der Waals surface area contributed by atoms with Crippen molar-refractivity contribution in [2.24, 2.45) is 0 Å². The second-order valence-electron chi connectivity index (χ2n) is 6.72. The van der Waals surface area contributed by atoms with Gasteiger partial charge >= 0.3 is 6.18 Å². The smallest absolute Gasteiger partial charge is 0.362 e. The average Bonchev–Trinajstić information content (AvgIpc) is 2.66. The van der Waals surface area contributed by atoms with E-state index in [1.54, 1.807) is 28.0 Å². The molecule has 1 aliphatic rings. The molecule has 2 aromatic carbocycles. The number of hydrogen-bond acceptors (Lipinski definition) is 4. The Balaban J connectivity index is 1.77. The fourth-order valence-corrected chi connectivity index (χ4v) is 3.54. The number of amides is 1. The quantitative estimate of drug-likeness (QED) is 0.533. The predicted octanol–water partition coefficient (Wildman–Crippen LogP) is 4.54. The molecule has 0 radical (unpaired) electrons. The van der Waals surface area contributed by atoms with Crippen LogP contribution in [0.2, 0.25) is 5.02 Å². The van der Waals surface area contributed by atoms with E-state index < -0.39 is 22.4 Å². The normalized spacial score (nSPS) is 14.8. The van der Waals surface area contributed by atoms with E-state index in [0.717, 1.165) is 17.7 Å². The number of aryl methyl sites for hydroxylation is 1. The Morgan fingerprint density at radius 3 is 2.31 bits per heavy atom. The topological polar surface area (TPSA) is 66.7 Å². The van der Waals surface area contributed by atoms with Crippen molar-refractivity contribution in [3.8, 4) is 0 Å². The number of carbonyl (C=O) groups is 1. The van der Waals surface area contributed by atoms with Crippen molar-refractivity contribution in [2.45, 2.75) is 13.1 Å². The number of nitrogens with zero attached hydrogens (tertiary/aromatic N) is 3. The zero-order chi connectivity index (χ0) is 21.3. The fourth-order valence-electron chi connectivity index (χ4n) is 3.23. The highest BCUT2D eigenvalue weighted by Crippen LogP contribution is 2.36. The summed E-state index contributed by atoms with van der Waals surface area (Å²) in [5, 5.41) is 11.6. The highest BCUT2D eigenvalue weighted by Gasteiger charge is 2.34. The van der Waals surface area contributed by atoms with E-state index in [2.05, 4.69) is 0 Å². The Morgan fingerprint density at radius 1 is 1.10 bits per heavy atom. The number of nitro benzene ring substituents is 1. The molecule has 29 heavy (non-hydrogen) atoms. The molecule has 0 aromatic heterocycles. The van der Waals surface area contributed by atoms with Crippen molar-refractivity contribution in [3.05, 3.63) is 68.2 Å². The van der Waals surface area contributed by atoms with Crippen molar-refractivity contribution in [1.29, 1.82) is 0 Å². The third-order valence-electron chi connectivity index (χ3n) is 4.76. The minimum Gasteiger partial charge on any atom is -0.362 e. The Labute approximate surface area is 169 Å². The largest absolute Gasteiger partial charge is 0.416 e. The second kappa shape index (κ2) is 7.90. The van der Waals surface area contributed by atoms with Gasteiger partial charge in [-0.3, -0.25) is 14.9 Å². The lowest BCUT2D eigenvalue weighted by molar-refractivity contribution is -0.384. The first-order valence-electron chi connectivity index (χ1n) is 8.74. The third-order valence-corrected chi connectivity index (χ3v) is 5.07. The molecule has 1 aliphatic heterocycles. The van der Waals surface area contributed by atoms with Crippen LogP contribution in [-0.4, -0.2) is 41.9 Å². The van der Waals surface area contributed by atoms with Gasteiger partial charge in [0.15, 0.2) is 0 Å². The van der Waals surface area contributed by atoms with Crippen LogP contribution < -0.4 is 4.90 Å². The zero-order valence-electron chi connectivity index (χ0n) is 15.4. The van der Waals surface area contributed by atoms with Crippen LogP contribution in [0.4, 0.5) is 24.5 Å². The number of rotatable bonds is 3. The maximum atomic E-state index is 12.9. The molecule has 0 atom stereocenters. The summed E-state index contributed by atoms with van der Waals surface area (Å²) in [6.07, 6.45) is -4.66. The number of hydrogen-bond donors (Lipinski definition) is 0. The molecule has 3 rings (SSSR count). The van der Waals surface area contributed by atoms with Gasteiger partial charge in [0.2, 0.25) is 0 Å². The van der Waals surface area contributed by atoms with Crippen molar-refractivity contribution in [2.75, 3.05) is 31.1 Å². The van der Waals surface area contributed by atoms with E-state index in [4.69, 9.17) is 11.6 Å². The summed E-state index contributed by atoms with van der Waals surface area (Å²) < 4.78 is 38.6. The lowest BCUT2D eigenvalue weighted by atomic mass is 10.1. The highest BCUT2D eigenvalue weighted by atomic mass is 35.5. The highest BCUT2D eigenvalue weighted by molar-refractivity contribution is 6.33. The number of nitro groups is 1. The molecule has 1 amide bonds. The first-order valence-corrected chi connectivity index (χ1v) is 9.11. The summed E-state index contributed by atoms with van der Waals surface area (Å²) in [7, 11) is 0. The Morgan fingerprint density at radius 2 is 1.76 bits per heavy atom. The molecule has 0 N–H and O–H groups in total. The van der Waals surface area contributed by atoms with E-state index in [-0.39, 0.29) is 37.8 Å². The van der Waals surface area contributed by atoms with E-state index in [1.165, 1.54) is 0 Å². The Kier molecular flexibility index (Phi) is 5.70. The number of anilines is 1. The van der Waals surface area contributed by atoms with Crippen molar-refractivity contribution in [1.82, 2.24) is 4.90 Å². The van der Waals surface area contributed by atoms with Gasteiger partial charge in [0.1, 0.15) is 5.69 Å². The minimum atomic E-state index is -4.66. The van der Waals surface area contributed by atoms with Gasteiger partial charge in [-0.25, -0.2) is 0 Å². The molecule has 0 aliphatic carbocycles. The summed E-state index contributed by atoms with van der Waals surface area (Å²) in [4.78, 5) is 26.4. The van der Waals surface area contributed by atoms with Gasteiger partial charge in [-0.15, -0.1) is 0 Å². The van der Waals surface area contributed by atoms with E-state index in [0.29, 0.717) is 16.7 Å². The number of alkyl halides is 3. The molecule has 0 unspecified atom stereocenters. The molecule has 1 heterocycles. The van der Waals surface area contributed by atoms with Crippen molar-refractivity contribution < 1.29 is 22.9 Å². The van der Waals surface area contributed by atoms with E-state index >= 15 is 0 Å². The van der Waals surface area contributed by atoms with Crippen molar-refractivity contribution in [3.63, 3.8) is 0 Å². The first kappa shape index (κ1) is 20.9. The number of halogens is 4. The summed E-state index contributed by atoms with van der Waals surface area (Å²) in [6, 6.07) is 7.59. The molecule has 10 heteroatoms. The minimum absolute atomic E-state index is 0.100. The van der Waals surface area contributed by atoms with Gasteiger partial charge in [0.25, 0.3) is 11.6 Å². The maximum Gasteiger partial charge on any atom is 0.416 e. The molecule has 0 spiro atoms. The van der Waals surface area contributed by atoms with Crippen molar-refractivity contribution >= 4 is 28.9 Å². The fraction of sp³-hybridized carbons (Fsp3) is 0.316. The van der Waals surface area contributed by atoms with Gasteiger partial charge in [-0.05, 0) is 36.8 Å². The van der Waals surface area contributed by atoms with Gasteiger partial charge in [-0.1, -0.05) is 17.7 Å². The molecular formula is C19H17ClF3N3O3. The molecule has 1 saturated heterocycles. The van der Waals surface area contributed by atoms with Gasteiger partial charge in [-0.2, -0.15) is 13.2 Å². The van der Waals surface area contributed by atoms with Gasteiger partial charge in [0.05, 0.1) is 21.1 Å². The molecule has 2 aromatic rings. The van der Waals surface area contributed by atoms with E-state index in [9.17, 15) is 28.1 Å². The molecule has 1 fully saturated rings. The zero-order valence-corrected chi connectivity index (χ0v) is 16.1. The lowest BCUT2D eigenvalue weighted by Gasteiger charge is -2.36. The summed E-state index contributed by atoms with van der Waals surface area (Å²) in [5.74, 6) is -0.253. The summed E-state index contributed by atoms with van der Waals surface area (Å²) in [5.41, 5.74) is -0.294. The SMILES string of the molecule is Cc1ccc(C(=O)N2CCN(c3ccc(C(F)(F)F)cc3[N+](=O)[O-])CC2)c(Cl)c1. The van der Waals surface area contributed by atoms with Crippen LogP contribution in [-0.2, 0) is 6.18 Å². The van der Waals surface area contributed by atoms with Gasteiger partial charge in [0, 0.05) is 32.2 Å². The molecular weight excluding hydrogens is 411 g/mol. The number of benzene rings is 2. The molecule has 154 valence electrons. The summed E-state index contributed by atoms with van der Waals surface area (Å²) in [6.45, 7) is 2.89.